The van der Waals surface area contributed by atoms with Gasteiger partial charge in [0.05, 0.1) is 111 Å². The van der Waals surface area contributed by atoms with Gasteiger partial charge in [0, 0.05) is 91.9 Å². The maximum Gasteiger partial charge on any atom is 0.228 e. The van der Waals surface area contributed by atoms with Gasteiger partial charge in [-0.05, 0) is 102 Å². The monoisotopic (exact) mass is 1650 g/mol. The van der Waals surface area contributed by atoms with Crippen LogP contribution in [0.2, 0.25) is 0 Å². The van der Waals surface area contributed by atoms with Gasteiger partial charge in [-0.3, -0.25) is 0 Å². The Hall–Kier alpha value is -14.4. The molecule has 9 aromatic heterocycles. The molecule has 0 atom stereocenters. The molecule has 0 bridgehead atoms. The number of phenols is 3. The molecule has 29 nitrogen and oxygen atoms in total. The summed E-state index contributed by atoms with van der Waals surface area (Å²) in [5, 5.41) is 31.1. The number of aryl methyl sites for hydroxylation is 1. The molecule has 123 heavy (non-hydrogen) atoms. The lowest BCUT2D eigenvalue weighted by atomic mass is 10.1. The number of phenolic OH excluding ortho intramolecular Hbond substituents is 3. The molecule has 622 valence electrons. The summed E-state index contributed by atoms with van der Waals surface area (Å²) < 4.78 is 63.5. The number of aromatic amines is 1. The molecule has 4 aliphatic rings. The van der Waals surface area contributed by atoms with Crippen molar-refractivity contribution in [2.24, 2.45) is 0 Å². The second-order valence-electron chi connectivity index (χ2n) is 30.0. The minimum atomic E-state index is -0.627. The summed E-state index contributed by atoms with van der Waals surface area (Å²) in [4.78, 5) is 68.9. The molecule has 8 aromatic carbocycles. The Labute approximate surface area is 704 Å². The fourth-order valence-electron chi connectivity index (χ4n) is 15.3. The first-order valence-corrected chi connectivity index (χ1v) is 40.7. The third-order valence-corrected chi connectivity index (χ3v) is 21.7. The number of aromatic nitrogens is 17. The highest BCUT2D eigenvalue weighted by Crippen LogP contribution is 2.36. The van der Waals surface area contributed by atoms with Crippen LogP contribution < -0.4 is 24.3 Å². The zero-order chi connectivity index (χ0) is 83.7. The van der Waals surface area contributed by atoms with Crippen LogP contribution in [0.15, 0.2) is 226 Å². The number of benzene rings is 8. The molecule has 0 unspecified atom stereocenters. The van der Waals surface area contributed by atoms with Gasteiger partial charge in [-0.1, -0.05) is 127 Å². The fourth-order valence-corrected chi connectivity index (χ4v) is 15.3. The van der Waals surface area contributed by atoms with Gasteiger partial charge in [-0.2, -0.15) is 19.9 Å². The average Bonchev–Trinajstić information content (AvgIpc) is 1.65. The van der Waals surface area contributed by atoms with Crippen molar-refractivity contribution in [3.05, 3.63) is 265 Å². The standard InChI is InChI=1S/C24H22N6O.C23H23N5O3.C23H23N5O2.C22H19F2N5O2/c1-2-4-17(5-3-1)15-30-16-26-22-21(19-7-6-18-8-9-25-20(18)14-19)27-24(28-23(22)30)29-10-12-31-13-11-29;1-30-19-7-5-16(6-8-19)14-28-15-24-21-20(17-3-2-4-18(29)13-17)25-23(26-22(21)28)27-9-11-31-12-10-27;1-16-4-2-5-17(12-16)14-28-15-24-21-20(18-6-3-7-19(29)13-18)25-23(26-22(21)28)27-8-10-30-11-9-27;23-17-5-2-6-18(24)16(17)12-29-13-25-20-19(14-3-1-4-15(30)11-14)26-22(27-21(20)29)28-7-9-31-10-8-28/h1-9,14,16,25H,10-13,15H2;2-8,13,15,29H,9-12,14H2,1H3;2-7,12-13,15,29H,8-11,14H2,1H3;1-6,11,13,30H,7-10,12H2. The molecule has 0 spiro atoms. The van der Waals surface area contributed by atoms with Gasteiger partial charge in [0.15, 0.2) is 22.6 Å². The van der Waals surface area contributed by atoms with E-state index in [1.165, 1.54) is 46.6 Å². The molecule has 4 fully saturated rings. The van der Waals surface area contributed by atoms with Gasteiger partial charge < -0.3 is 81.9 Å². The van der Waals surface area contributed by atoms with Crippen LogP contribution in [0.4, 0.5) is 32.6 Å². The van der Waals surface area contributed by atoms with Crippen molar-refractivity contribution >= 4 is 79.4 Å². The topological polar surface area (TPSA) is 310 Å². The second kappa shape index (κ2) is 36.3. The van der Waals surface area contributed by atoms with Gasteiger partial charge in [-0.25, -0.2) is 48.7 Å². The Kier molecular flexibility index (Phi) is 23.5. The minimum Gasteiger partial charge on any atom is -0.508 e. The quantitative estimate of drug-likeness (QED) is 0.0658. The predicted octanol–water partition coefficient (Wildman–Crippen LogP) is 13.7. The van der Waals surface area contributed by atoms with Crippen molar-refractivity contribution in [1.29, 1.82) is 0 Å². The molecule has 4 aliphatic heterocycles. The number of nitrogens with zero attached hydrogens (tertiary/aromatic N) is 20. The van der Waals surface area contributed by atoms with E-state index >= 15 is 0 Å². The number of aromatic hydroxyl groups is 3. The van der Waals surface area contributed by atoms with E-state index in [-0.39, 0.29) is 29.4 Å². The number of ether oxygens (including phenoxy) is 5. The predicted molar refractivity (Wildman–Crippen MR) is 465 cm³/mol. The van der Waals surface area contributed by atoms with Gasteiger partial charge in [-0.15, -0.1) is 0 Å². The summed E-state index contributed by atoms with van der Waals surface area (Å²) in [6.45, 7) is 14.9. The van der Waals surface area contributed by atoms with E-state index in [0.717, 1.165) is 118 Å². The molecule has 0 saturated carbocycles. The van der Waals surface area contributed by atoms with Crippen molar-refractivity contribution in [2.45, 2.75) is 33.1 Å². The van der Waals surface area contributed by atoms with E-state index in [0.29, 0.717) is 137 Å². The lowest BCUT2D eigenvalue weighted by Gasteiger charge is -2.27. The number of hydrogen-bond donors (Lipinski definition) is 4. The number of anilines is 4. The third kappa shape index (κ3) is 17.9. The molecule has 31 heteroatoms. The van der Waals surface area contributed by atoms with E-state index in [4.69, 9.17) is 63.6 Å². The first-order valence-electron chi connectivity index (χ1n) is 40.7. The summed E-state index contributed by atoms with van der Waals surface area (Å²) >= 11 is 0. The molecule has 4 saturated heterocycles. The van der Waals surface area contributed by atoms with Crippen LogP contribution in [0.5, 0.6) is 23.0 Å². The molecular formula is C92H87F2N21O8. The number of nitrogens with one attached hydrogen (secondary N) is 1. The Balaban J connectivity index is 0.000000112. The van der Waals surface area contributed by atoms with Crippen molar-refractivity contribution in [2.75, 3.05) is 132 Å². The summed E-state index contributed by atoms with van der Waals surface area (Å²) in [5.74, 6) is 2.57. The Morgan fingerprint density at radius 1 is 0.358 bits per heavy atom. The Morgan fingerprint density at radius 3 is 1.11 bits per heavy atom. The summed E-state index contributed by atoms with van der Waals surface area (Å²) in [7, 11) is 1.66. The van der Waals surface area contributed by atoms with Gasteiger partial charge in [0.25, 0.3) is 0 Å². The lowest BCUT2D eigenvalue weighted by molar-refractivity contribution is 0.122. The summed E-state index contributed by atoms with van der Waals surface area (Å²) in [6.07, 6.45) is 8.93. The van der Waals surface area contributed by atoms with Crippen LogP contribution in [0.3, 0.4) is 0 Å². The van der Waals surface area contributed by atoms with Crippen LogP contribution in [-0.4, -0.2) is 211 Å². The average molecular weight is 1650 g/mol. The SMILES string of the molecule is COc1ccc(Cn2cnc3c(-c4cccc(O)c4)nc(N4CCOCC4)nc32)cc1.Cc1cccc(Cn2cnc3c(-c4cccc(O)c4)nc(N4CCOCC4)nc32)c1.Oc1cccc(-c2nc(N3CCOCC3)nc3c2ncn3Cc2c(F)cccc2F)c1.c1ccc(Cn2cnc3c(-c4ccc5cc[nH]c5c4)nc(N4CCOCC4)nc32)cc1. The highest BCUT2D eigenvalue weighted by atomic mass is 19.1. The van der Waals surface area contributed by atoms with Crippen molar-refractivity contribution in [3.63, 3.8) is 0 Å². The number of imidazole rings is 4. The smallest absolute Gasteiger partial charge is 0.228 e. The van der Waals surface area contributed by atoms with E-state index in [2.05, 4.69) is 128 Å². The van der Waals surface area contributed by atoms with E-state index < -0.39 is 11.6 Å². The Bertz CT molecular complexity index is 6560. The third-order valence-electron chi connectivity index (χ3n) is 21.7. The maximum atomic E-state index is 14.2. The highest BCUT2D eigenvalue weighted by Gasteiger charge is 2.27. The zero-order valence-electron chi connectivity index (χ0n) is 67.6. The molecule has 0 aliphatic carbocycles. The Morgan fingerprint density at radius 2 is 0.715 bits per heavy atom. The van der Waals surface area contributed by atoms with Crippen LogP contribution in [-0.2, 0) is 45.1 Å². The van der Waals surface area contributed by atoms with Gasteiger partial charge in [0.1, 0.15) is 79.5 Å². The number of hydrogen-bond acceptors (Lipinski definition) is 24. The van der Waals surface area contributed by atoms with Crippen molar-refractivity contribution in [1.82, 2.24) is 83.1 Å². The molecule has 21 rings (SSSR count). The molecular weight excluding hydrogens is 1570 g/mol. The van der Waals surface area contributed by atoms with E-state index in [1.807, 2.05) is 82.9 Å². The summed E-state index contributed by atoms with van der Waals surface area (Å²) in [6, 6.07) is 59.9. The number of halogens is 2. The molecule has 0 radical (unpaired) electrons. The van der Waals surface area contributed by atoms with Crippen LogP contribution in [0, 0.1) is 18.6 Å². The number of morpholine rings is 4. The summed E-state index contributed by atoms with van der Waals surface area (Å²) in [5.41, 5.74) is 17.5. The largest absolute Gasteiger partial charge is 0.508 e. The molecule has 13 heterocycles. The van der Waals surface area contributed by atoms with Crippen molar-refractivity contribution in [3.8, 4) is 68.0 Å². The zero-order valence-corrected chi connectivity index (χ0v) is 67.6. The number of fused-ring (bicyclic) bond motifs is 5. The highest BCUT2D eigenvalue weighted by molar-refractivity contribution is 5.94. The normalized spacial score (nSPS) is 14.3. The fraction of sp³-hybridized carbons (Fsp3) is 0.239. The number of methoxy groups -OCH3 is 1. The van der Waals surface area contributed by atoms with Crippen LogP contribution in [0.1, 0.15) is 27.8 Å². The van der Waals surface area contributed by atoms with Crippen LogP contribution in [0.25, 0.3) is 101 Å². The van der Waals surface area contributed by atoms with E-state index in [1.54, 1.807) is 66.5 Å². The van der Waals surface area contributed by atoms with Gasteiger partial charge in [0.2, 0.25) is 23.8 Å². The number of rotatable bonds is 17. The first-order chi connectivity index (χ1) is 60.3. The molecule has 0 amide bonds. The lowest BCUT2D eigenvalue weighted by Crippen LogP contribution is -2.37. The minimum absolute atomic E-state index is 0.0615. The van der Waals surface area contributed by atoms with Gasteiger partial charge >= 0.3 is 0 Å². The molecule has 17 aromatic rings. The van der Waals surface area contributed by atoms with Crippen LogP contribution >= 0.6 is 0 Å². The number of H-pyrrole nitrogens is 1. The van der Waals surface area contributed by atoms with E-state index in [9.17, 15) is 24.1 Å². The first kappa shape index (κ1) is 79.7. The maximum absolute atomic E-state index is 14.2. The molecule has 4 N–H and O–H groups in total. The second-order valence-corrected chi connectivity index (χ2v) is 30.0. The van der Waals surface area contributed by atoms with Crippen molar-refractivity contribution < 1.29 is 47.8 Å².